The average Bonchev–Trinajstić information content (AvgIpc) is 2.41. The van der Waals surface area contributed by atoms with Crippen molar-refractivity contribution in [2.45, 2.75) is 19.4 Å². The van der Waals surface area contributed by atoms with E-state index in [4.69, 9.17) is 4.74 Å². The first kappa shape index (κ1) is 12.8. The van der Waals surface area contributed by atoms with Crippen LogP contribution in [0.2, 0.25) is 0 Å². The number of nitrogens with zero attached hydrogens (tertiary/aromatic N) is 1. The van der Waals surface area contributed by atoms with E-state index in [0.717, 1.165) is 19.5 Å². The van der Waals surface area contributed by atoms with Gasteiger partial charge in [-0.15, -0.1) is 0 Å². The van der Waals surface area contributed by atoms with E-state index >= 15 is 0 Å². The van der Waals surface area contributed by atoms with E-state index < -0.39 is 0 Å². The first-order valence-corrected chi connectivity index (χ1v) is 6.12. The quantitative estimate of drug-likeness (QED) is 0.818. The van der Waals surface area contributed by atoms with Gasteiger partial charge in [0.15, 0.2) is 0 Å². The van der Waals surface area contributed by atoms with Gasteiger partial charge in [0.05, 0.1) is 12.7 Å². The Kier molecular flexibility index (Phi) is 4.15. The molecule has 18 heavy (non-hydrogen) atoms. The Hall–Kier alpha value is -1.62. The molecule has 5 heteroatoms. The van der Waals surface area contributed by atoms with Gasteiger partial charge >= 0.3 is 5.97 Å². The molecule has 0 saturated carbocycles. The highest BCUT2D eigenvalue weighted by Gasteiger charge is 2.23. The van der Waals surface area contributed by atoms with E-state index in [1.54, 1.807) is 18.3 Å². The molecule has 1 fully saturated rings. The van der Waals surface area contributed by atoms with Gasteiger partial charge in [-0.2, -0.15) is 0 Å². The fourth-order valence-corrected chi connectivity index (χ4v) is 1.99. The van der Waals surface area contributed by atoms with Crippen LogP contribution in [0.15, 0.2) is 18.3 Å². The van der Waals surface area contributed by atoms with Gasteiger partial charge in [-0.25, -0.2) is 9.78 Å². The SMILES string of the molecule is COC(=O)c1ccnc(OC2CNCCC2C)c1. The molecule has 1 aromatic heterocycles. The molecular weight excluding hydrogens is 232 g/mol. The Morgan fingerprint density at radius 1 is 1.56 bits per heavy atom. The Balaban J connectivity index is 2.06. The zero-order valence-corrected chi connectivity index (χ0v) is 10.7. The second-order valence-electron chi connectivity index (χ2n) is 4.50. The number of pyridine rings is 1. The van der Waals surface area contributed by atoms with Crippen molar-refractivity contribution in [1.29, 1.82) is 0 Å². The fourth-order valence-electron chi connectivity index (χ4n) is 1.99. The molecule has 1 aliphatic rings. The lowest BCUT2D eigenvalue weighted by Crippen LogP contribution is -2.43. The average molecular weight is 250 g/mol. The molecule has 0 aromatic carbocycles. The highest BCUT2D eigenvalue weighted by molar-refractivity contribution is 5.89. The number of piperidine rings is 1. The highest BCUT2D eigenvalue weighted by Crippen LogP contribution is 2.19. The van der Waals surface area contributed by atoms with E-state index in [1.807, 2.05) is 0 Å². The minimum atomic E-state index is -0.378. The molecule has 2 heterocycles. The van der Waals surface area contributed by atoms with Crippen molar-refractivity contribution in [2.24, 2.45) is 5.92 Å². The molecule has 2 unspecified atom stereocenters. The summed E-state index contributed by atoms with van der Waals surface area (Å²) in [5, 5.41) is 3.29. The number of rotatable bonds is 3. The number of nitrogens with one attached hydrogen (secondary N) is 1. The van der Waals surface area contributed by atoms with Gasteiger partial charge in [0.2, 0.25) is 5.88 Å². The predicted molar refractivity (Wildman–Crippen MR) is 66.6 cm³/mol. The topological polar surface area (TPSA) is 60.5 Å². The minimum absolute atomic E-state index is 0.0964. The van der Waals surface area contributed by atoms with Gasteiger partial charge in [-0.05, 0) is 24.9 Å². The molecule has 1 N–H and O–H groups in total. The summed E-state index contributed by atoms with van der Waals surface area (Å²) in [5.74, 6) is 0.574. The van der Waals surface area contributed by atoms with Gasteiger partial charge in [-0.1, -0.05) is 6.92 Å². The van der Waals surface area contributed by atoms with Crippen LogP contribution in [0.3, 0.4) is 0 Å². The third-order valence-electron chi connectivity index (χ3n) is 3.18. The first-order valence-electron chi connectivity index (χ1n) is 6.12. The second kappa shape index (κ2) is 5.82. The van der Waals surface area contributed by atoms with Crippen LogP contribution in [-0.2, 0) is 4.74 Å². The maximum absolute atomic E-state index is 11.4. The Bertz CT molecular complexity index is 422. The monoisotopic (exact) mass is 250 g/mol. The second-order valence-corrected chi connectivity index (χ2v) is 4.50. The predicted octanol–water partition coefficient (Wildman–Crippen LogP) is 1.24. The van der Waals surface area contributed by atoms with E-state index in [9.17, 15) is 4.79 Å². The first-order chi connectivity index (χ1) is 8.70. The standard InChI is InChI=1S/C13H18N2O3/c1-9-3-5-14-8-11(9)18-12-7-10(4-6-15-12)13(16)17-2/h4,6-7,9,11,14H,3,5,8H2,1-2H3. The van der Waals surface area contributed by atoms with Crippen LogP contribution in [0.25, 0.3) is 0 Å². The number of carbonyl (C=O) groups excluding carboxylic acids is 1. The van der Waals surface area contributed by atoms with Crippen LogP contribution in [-0.4, -0.2) is 37.3 Å². The van der Waals surface area contributed by atoms with Crippen molar-refractivity contribution >= 4 is 5.97 Å². The maximum atomic E-state index is 11.4. The van der Waals surface area contributed by atoms with Crippen molar-refractivity contribution in [3.63, 3.8) is 0 Å². The van der Waals surface area contributed by atoms with Crippen molar-refractivity contribution < 1.29 is 14.3 Å². The van der Waals surface area contributed by atoms with E-state index in [-0.39, 0.29) is 12.1 Å². The van der Waals surface area contributed by atoms with Gasteiger partial charge in [0.1, 0.15) is 6.10 Å². The molecule has 2 atom stereocenters. The Morgan fingerprint density at radius 2 is 2.39 bits per heavy atom. The molecular formula is C13H18N2O3. The summed E-state index contributed by atoms with van der Waals surface area (Å²) in [6.45, 7) is 4.00. The number of esters is 1. The fraction of sp³-hybridized carbons (Fsp3) is 0.538. The molecule has 98 valence electrons. The molecule has 1 saturated heterocycles. The Morgan fingerprint density at radius 3 is 3.11 bits per heavy atom. The summed E-state index contributed by atoms with van der Waals surface area (Å²) < 4.78 is 10.5. The molecule has 0 aliphatic carbocycles. The number of methoxy groups -OCH3 is 1. The van der Waals surface area contributed by atoms with Crippen LogP contribution >= 0.6 is 0 Å². The van der Waals surface area contributed by atoms with Gasteiger partial charge in [-0.3, -0.25) is 0 Å². The Labute approximate surface area is 107 Å². The summed E-state index contributed by atoms with van der Waals surface area (Å²) in [6, 6.07) is 3.23. The molecule has 0 spiro atoms. The lowest BCUT2D eigenvalue weighted by Gasteiger charge is -2.29. The van der Waals surface area contributed by atoms with Crippen LogP contribution in [0, 0.1) is 5.92 Å². The molecule has 0 amide bonds. The third-order valence-corrected chi connectivity index (χ3v) is 3.18. The largest absolute Gasteiger partial charge is 0.473 e. The minimum Gasteiger partial charge on any atom is -0.473 e. The maximum Gasteiger partial charge on any atom is 0.338 e. The summed E-state index contributed by atoms with van der Waals surface area (Å²) in [4.78, 5) is 15.5. The van der Waals surface area contributed by atoms with Gasteiger partial charge in [0, 0.05) is 18.8 Å². The zero-order valence-electron chi connectivity index (χ0n) is 10.7. The molecule has 0 bridgehead atoms. The molecule has 1 aromatic rings. The summed E-state index contributed by atoms with van der Waals surface area (Å²) in [7, 11) is 1.36. The van der Waals surface area contributed by atoms with Crippen molar-refractivity contribution in [2.75, 3.05) is 20.2 Å². The molecule has 0 radical (unpaired) electrons. The van der Waals surface area contributed by atoms with Crippen LogP contribution in [0.1, 0.15) is 23.7 Å². The van der Waals surface area contributed by atoms with E-state index in [0.29, 0.717) is 17.4 Å². The van der Waals surface area contributed by atoms with Crippen molar-refractivity contribution in [1.82, 2.24) is 10.3 Å². The normalized spacial score (nSPS) is 23.4. The van der Waals surface area contributed by atoms with E-state index in [1.165, 1.54) is 7.11 Å². The van der Waals surface area contributed by atoms with Gasteiger partial charge in [0.25, 0.3) is 0 Å². The van der Waals surface area contributed by atoms with E-state index in [2.05, 4.69) is 22.0 Å². The molecule has 2 rings (SSSR count). The number of hydrogen-bond donors (Lipinski definition) is 1. The number of ether oxygens (including phenoxy) is 2. The summed E-state index contributed by atoms with van der Waals surface area (Å²) >= 11 is 0. The zero-order chi connectivity index (χ0) is 13.0. The molecule has 1 aliphatic heterocycles. The lowest BCUT2D eigenvalue weighted by atomic mass is 9.97. The smallest absolute Gasteiger partial charge is 0.338 e. The van der Waals surface area contributed by atoms with Crippen LogP contribution in [0.4, 0.5) is 0 Å². The summed E-state index contributed by atoms with van der Waals surface area (Å²) in [6.07, 6.45) is 2.74. The molecule has 5 nitrogen and oxygen atoms in total. The number of carbonyl (C=O) groups is 1. The highest BCUT2D eigenvalue weighted by atomic mass is 16.5. The van der Waals surface area contributed by atoms with Crippen LogP contribution in [0.5, 0.6) is 5.88 Å². The van der Waals surface area contributed by atoms with Crippen molar-refractivity contribution in [3.8, 4) is 5.88 Å². The lowest BCUT2D eigenvalue weighted by molar-refractivity contribution is 0.0598. The van der Waals surface area contributed by atoms with Crippen LogP contribution < -0.4 is 10.1 Å². The number of aromatic nitrogens is 1. The summed E-state index contributed by atoms with van der Waals surface area (Å²) in [5.41, 5.74) is 0.457. The number of hydrogen-bond acceptors (Lipinski definition) is 5. The van der Waals surface area contributed by atoms with Gasteiger partial charge < -0.3 is 14.8 Å². The van der Waals surface area contributed by atoms with Crippen molar-refractivity contribution in [3.05, 3.63) is 23.9 Å². The third kappa shape index (κ3) is 2.98.